The summed E-state index contributed by atoms with van der Waals surface area (Å²) < 4.78 is 12.5. The molecule has 1 aromatic heterocycles. The van der Waals surface area contributed by atoms with Crippen LogP contribution in [0.1, 0.15) is 32.6 Å². The molecule has 0 aliphatic carbocycles. The molecule has 0 bridgehead atoms. The molecular weight excluding hydrogens is 228 g/mol. The summed E-state index contributed by atoms with van der Waals surface area (Å²) in [5.74, 6) is 0.613. The molecule has 1 heterocycles. The fraction of sp³-hybridized carbons (Fsp3) is 0.714. The van der Waals surface area contributed by atoms with Crippen molar-refractivity contribution in [2.75, 3.05) is 27.4 Å². The molecule has 0 saturated carbocycles. The lowest BCUT2D eigenvalue weighted by molar-refractivity contribution is 0.144. The molecule has 0 atom stereocenters. The first-order valence-electron chi connectivity index (χ1n) is 6.62. The van der Waals surface area contributed by atoms with Crippen LogP contribution in [0.25, 0.3) is 0 Å². The average molecular weight is 253 g/mol. The van der Waals surface area contributed by atoms with E-state index in [0.29, 0.717) is 5.92 Å². The van der Waals surface area contributed by atoms with Gasteiger partial charge in [-0.1, -0.05) is 6.92 Å². The molecule has 0 amide bonds. The van der Waals surface area contributed by atoms with Crippen LogP contribution in [-0.2, 0) is 9.47 Å². The Bertz CT molecular complexity index is 280. The van der Waals surface area contributed by atoms with Crippen molar-refractivity contribution in [1.82, 2.24) is 9.55 Å². The molecule has 1 rings (SSSR count). The highest BCUT2D eigenvalue weighted by atomic mass is 16.5. The summed E-state index contributed by atoms with van der Waals surface area (Å²) in [4.78, 5) is 4.12. The first kappa shape index (κ1) is 15.2. The molecule has 0 spiro atoms. The van der Waals surface area contributed by atoms with E-state index < -0.39 is 0 Å². The predicted molar refractivity (Wildman–Crippen MR) is 72.3 cm³/mol. The molecule has 4 nitrogen and oxygen atoms in total. The third kappa shape index (κ3) is 5.19. The van der Waals surface area contributed by atoms with Crippen LogP contribution in [0.3, 0.4) is 0 Å². The lowest BCUT2D eigenvalue weighted by atomic mass is 9.92. The number of imidazole rings is 1. The van der Waals surface area contributed by atoms with Crippen LogP contribution < -0.4 is 0 Å². The van der Waals surface area contributed by atoms with Gasteiger partial charge in [0.25, 0.3) is 0 Å². The van der Waals surface area contributed by atoms with Crippen molar-refractivity contribution in [3.63, 3.8) is 0 Å². The molecule has 0 fully saturated rings. The number of rotatable bonds is 10. The molecule has 0 N–H and O–H groups in total. The van der Waals surface area contributed by atoms with Crippen LogP contribution in [0.15, 0.2) is 18.7 Å². The molecule has 0 aliphatic heterocycles. The minimum absolute atomic E-state index is 0.613. The van der Waals surface area contributed by atoms with E-state index in [1.54, 1.807) is 14.2 Å². The number of methoxy groups -OCH3 is 2. The zero-order valence-electron chi connectivity index (χ0n) is 11.8. The molecule has 0 saturated heterocycles. The quantitative estimate of drug-likeness (QED) is 0.643. The van der Waals surface area contributed by atoms with Crippen LogP contribution in [0.5, 0.6) is 0 Å². The van der Waals surface area contributed by atoms with Crippen molar-refractivity contribution >= 4 is 0 Å². The molecule has 1 radical (unpaired) electrons. The fourth-order valence-electron chi connectivity index (χ4n) is 2.13. The first-order valence-corrected chi connectivity index (χ1v) is 6.62. The van der Waals surface area contributed by atoms with Gasteiger partial charge in [-0.15, -0.1) is 0 Å². The topological polar surface area (TPSA) is 36.3 Å². The van der Waals surface area contributed by atoms with E-state index in [2.05, 4.69) is 16.5 Å². The molecule has 4 heteroatoms. The summed E-state index contributed by atoms with van der Waals surface area (Å²) in [6.07, 6.45) is 10.0. The van der Waals surface area contributed by atoms with E-state index in [0.717, 1.165) is 38.9 Å². The molecule has 0 unspecified atom stereocenters. The Morgan fingerprint density at radius 1 is 1.22 bits per heavy atom. The SMILES string of the molecule is CC[C](CC(CCOC)CCOC)n1ccnc1. The summed E-state index contributed by atoms with van der Waals surface area (Å²) in [5.41, 5.74) is 0. The molecular formula is C14H25N2O2. The van der Waals surface area contributed by atoms with Crippen LogP contribution in [-0.4, -0.2) is 37.0 Å². The highest BCUT2D eigenvalue weighted by molar-refractivity contribution is 4.96. The second-order valence-electron chi connectivity index (χ2n) is 4.52. The van der Waals surface area contributed by atoms with Crippen LogP contribution in [0.4, 0.5) is 0 Å². The number of ether oxygens (including phenoxy) is 2. The standard InChI is InChI=1S/C14H25N2O2/c1-4-14(16-8-7-15-12-16)11-13(5-9-17-2)6-10-18-3/h7-8,12-13H,4-6,9-11H2,1-3H3. The molecule has 0 aliphatic rings. The number of hydrogen-bond acceptors (Lipinski definition) is 3. The average Bonchev–Trinajstić information content (AvgIpc) is 2.92. The lowest BCUT2D eigenvalue weighted by Crippen LogP contribution is -2.16. The summed E-state index contributed by atoms with van der Waals surface area (Å²) in [7, 11) is 3.52. The maximum absolute atomic E-state index is 5.19. The smallest absolute Gasteiger partial charge is 0.0951 e. The third-order valence-corrected chi connectivity index (χ3v) is 3.26. The Kier molecular flexibility index (Phi) is 7.69. The van der Waals surface area contributed by atoms with E-state index in [-0.39, 0.29) is 0 Å². The second-order valence-corrected chi connectivity index (χ2v) is 4.52. The fourth-order valence-corrected chi connectivity index (χ4v) is 2.13. The second kappa shape index (κ2) is 9.11. The minimum Gasteiger partial charge on any atom is -0.385 e. The number of hydrogen-bond donors (Lipinski definition) is 0. The van der Waals surface area contributed by atoms with Gasteiger partial charge in [-0.2, -0.15) is 0 Å². The van der Waals surface area contributed by atoms with Crippen molar-refractivity contribution in [3.05, 3.63) is 24.8 Å². The van der Waals surface area contributed by atoms with E-state index in [9.17, 15) is 0 Å². The van der Waals surface area contributed by atoms with Crippen LogP contribution >= 0.6 is 0 Å². The molecule has 1 aromatic rings. The zero-order valence-corrected chi connectivity index (χ0v) is 11.8. The van der Waals surface area contributed by atoms with Crippen LogP contribution in [0, 0.1) is 12.0 Å². The highest BCUT2D eigenvalue weighted by Gasteiger charge is 2.17. The number of nitrogens with zero attached hydrogens (tertiary/aromatic N) is 2. The highest BCUT2D eigenvalue weighted by Crippen LogP contribution is 2.24. The van der Waals surface area contributed by atoms with Crippen molar-refractivity contribution in [2.24, 2.45) is 5.92 Å². The maximum Gasteiger partial charge on any atom is 0.0951 e. The van der Waals surface area contributed by atoms with E-state index in [4.69, 9.17) is 9.47 Å². The summed E-state index contributed by atoms with van der Waals surface area (Å²) >= 11 is 0. The number of aromatic nitrogens is 2. The van der Waals surface area contributed by atoms with Gasteiger partial charge in [0.05, 0.1) is 12.4 Å². The first-order chi connectivity index (χ1) is 8.81. The Morgan fingerprint density at radius 3 is 2.33 bits per heavy atom. The maximum atomic E-state index is 5.19. The van der Waals surface area contributed by atoms with Gasteiger partial charge < -0.3 is 14.0 Å². The lowest BCUT2D eigenvalue weighted by Gasteiger charge is -2.22. The van der Waals surface area contributed by atoms with Gasteiger partial charge in [-0.05, 0) is 31.6 Å². The Morgan fingerprint density at radius 2 is 1.89 bits per heavy atom. The van der Waals surface area contributed by atoms with Crippen molar-refractivity contribution in [2.45, 2.75) is 32.6 Å². The zero-order chi connectivity index (χ0) is 13.2. The van der Waals surface area contributed by atoms with Gasteiger partial charge >= 0.3 is 0 Å². The Labute approximate surface area is 110 Å². The van der Waals surface area contributed by atoms with Gasteiger partial charge in [-0.3, -0.25) is 0 Å². The Hall–Kier alpha value is -0.870. The molecule has 18 heavy (non-hydrogen) atoms. The summed E-state index contributed by atoms with van der Waals surface area (Å²) in [5, 5.41) is 0. The van der Waals surface area contributed by atoms with Gasteiger partial charge in [0.2, 0.25) is 0 Å². The van der Waals surface area contributed by atoms with E-state index in [1.807, 2.05) is 18.7 Å². The van der Waals surface area contributed by atoms with Gasteiger partial charge in [-0.25, -0.2) is 4.98 Å². The van der Waals surface area contributed by atoms with E-state index in [1.165, 1.54) is 6.04 Å². The van der Waals surface area contributed by atoms with Gasteiger partial charge in [0.1, 0.15) is 0 Å². The predicted octanol–water partition coefficient (Wildman–Crippen LogP) is 2.75. The van der Waals surface area contributed by atoms with Crippen molar-refractivity contribution in [1.29, 1.82) is 0 Å². The van der Waals surface area contributed by atoms with Crippen LogP contribution in [0.2, 0.25) is 0 Å². The van der Waals surface area contributed by atoms with Gasteiger partial charge in [0.15, 0.2) is 0 Å². The largest absolute Gasteiger partial charge is 0.385 e. The third-order valence-electron chi connectivity index (χ3n) is 3.26. The van der Waals surface area contributed by atoms with Gasteiger partial charge in [0, 0.05) is 39.8 Å². The Balaban J connectivity index is 2.50. The summed E-state index contributed by atoms with van der Waals surface area (Å²) in [6.45, 7) is 3.82. The van der Waals surface area contributed by atoms with Crippen molar-refractivity contribution in [3.8, 4) is 0 Å². The molecule has 103 valence electrons. The normalized spacial score (nSPS) is 11.6. The van der Waals surface area contributed by atoms with Crippen molar-refractivity contribution < 1.29 is 9.47 Å². The molecule has 0 aromatic carbocycles. The summed E-state index contributed by atoms with van der Waals surface area (Å²) in [6, 6.07) is 1.41. The van der Waals surface area contributed by atoms with E-state index >= 15 is 0 Å². The minimum atomic E-state index is 0.613. The monoisotopic (exact) mass is 253 g/mol.